The lowest BCUT2D eigenvalue weighted by Crippen LogP contribution is -2.54. The Hall–Kier alpha value is -1.65. The lowest BCUT2D eigenvalue weighted by Gasteiger charge is -2.41. The van der Waals surface area contributed by atoms with Crippen LogP contribution in [0.2, 0.25) is 0 Å². The molecule has 2 N–H and O–H groups in total. The van der Waals surface area contributed by atoms with Crippen molar-refractivity contribution in [1.82, 2.24) is 10.3 Å². The summed E-state index contributed by atoms with van der Waals surface area (Å²) >= 11 is 0. The van der Waals surface area contributed by atoms with Crippen LogP contribution in [0.4, 0.5) is 5.69 Å². The van der Waals surface area contributed by atoms with Crippen LogP contribution < -0.4 is 10.2 Å². The van der Waals surface area contributed by atoms with Crippen molar-refractivity contribution in [1.29, 1.82) is 0 Å². The first-order valence-electron chi connectivity index (χ1n) is 7.31. The van der Waals surface area contributed by atoms with Gasteiger partial charge in [0.25, 0.3) is 0 Å². The van der Waals surface area contributed by atoms with Crippen molar-refractivity contribution in [3.8, 4) is 0 Å². The number of rotatable bonds is 5. The van der Waals surface area contributed by atoms with E-state index in [0.29, 0.717) is 6.54 Å². The van der Waals surface area contributed by atoms with Crippen molar-refractivity contribution in [2.45, 2.75) is 32.4 Å². The minimum absolute atomic E-state index is 0.389. The summed E-state index contributed by atoms with van der Waals surface area (Å²) in [4.78, 5) is 6.73. The van der Waals surface area contributed by atoms with Gasteiger partial charge in [0.1, 0.15) is 0 Å². The third-order valence-corrected chi connectivity index (χ3v) is 4.26. The number of aliphatic hydroxyl groups excluding tert-OH is 1. The SMILES string of the molecule is CNCC(O)C(C)(C)N(C)c1cc(C)nc2ccccc12. The van der Waals surface area contributed by atoms with Crippen LogP contribution >= 0.6 is 0 Å². The molecule has 0 saturated carbocycles. The van der Waals surface area contributed by atoms with Crippen molar-refractivity contribution < 1.29 is 5.11 Å². The molecular formula is C17H25N3O. The molecule has 114 valence electrons. The molecule has 1 atom stereocenters. The molecule has 0 radical (unpaired) electrons. The van der Waals surface area contributed by atoms with Gasteiger partial charge in [-0.3, -0.25) is 4.98 Å². The van der Waals surface area contributed by atoms with Gasteiger partial charge in [-0.25, -0.2) is 0 Å². The average Bonchev–Trinajstić information content (AvgIpc) is 2.45. The second-order valence-corrected chi connectivity index (χ2v) is 6.09. The standard InChI is InChI=1S/C17H25N3O/c1-12-10-15(13-8-6-7-9-14(13)19-12)20(5)17(2,3)16(21)11-18-4/h6-10,16,18,21H,11H2,1-5H3. The van der Waals surface area contributed by atoms with E-state index in [1.807, 2.05) is 39.2 Å². The number of aromatic nitrogens is 1. The summed E-state index contributed by atoms with van der Waals surface area (Å²) < 4.78 is 0. The fourth-order valence-corrected chi connectivity index (χ4v) is 2.54. The highest BCUT2D eigenvalue weighted by molar-refractivity contribution is 5.92. The van der Waals surface area contributed by atoms with E-state index in [1.165, 1.54) is 0 Å². The maximum atomic E-state index is 10.4. The zero-order chi connectivity index (χ0) is 15.6. The Kier molecular flexibility index (Phi) is 4.49. The third kappa shape index (κ3) is 3.01. The van der Waals surface area contributed by atoms with Crippen LogP contribution in [-0.2, 0) is 0 Å². The topological polar surface area (TPSA) is 48.4 Å². The fourth-order valence-electron chi connectivity index (χ4n) is 2.54. The zero-order valence-corrected chi connectivity index (χ0v) is 13.5. The van der Waals surface area contributed by atoms with Gasteiger partial charge in [0, 0.05) is 30.4 Å². The number of para-hydroxylation sites is 1. The predicted octanol–water partition coefficient (Wildman–Crippen LogP) is 2.34. The van der Waals surface area contributed by atoms with Crippen LogP contribution in [-0.4, -0.2) is 42.4 Å². The Morgan fingerprint density at radius 1 is 1.33 bits per heavy atom. The number of anilines is 1. The van der Waals surface area contributed by atoms with E-state index in [-0.39, 0.29) is 5.54 Å². The number of fused-ring (bicyclic) bond motifs is 1. The van der Waals surface area contributed by atoms with E-state index in [0.717, 1.165) is 22.3 Å². The first-order valence-corrected chi connectivity index (χ1v) is 7.31. The van der Waals surface area contributed by atoms with Crippen LogP contribution in [0.25, 0.3) is 10.9 Å². The number of nitrogens with one attached hydrogen (secondary N) is 1. The number of benzene rings is 1. The molecule has 2 aromatic rings. The first kappa shape index (κ1) is 15.7. The Labute approximate surface area is 126 Å². The van der Waals surface area contributed by atoms with Gasteiger partial charge in [0.05, 0.1) is 17.2 Å². The van der Waals surface area contributed by atoms with E-state index in [2.05, 4.69) is 41.2 Å². The van der Waals surface area contributed by atoms with E-state index in [9.17, 15) is 5.11 Å². The highest BCUT2D eigenvalue weighted by Crippen LogP contribution is 2.31. The summed E-state index contributed by atoms with van der Waals surface area (Å²) in [5.41, 5.74) is 2.67. The second-order valence-electron chi connectivity index (χ2n) is 6.09. The summed E-state index contributed by atoms with van der Waals surface area (Å²) in [6.45, 7) is 6.67. The third-order valence-electron chi connectivity index (χ3n) is 4.26. The van der Waals surface area contributed by atoms with Crippen molar-refractivity contribution in [2.24, 2.45) is 0 Å². The number of hydrogen-bond donors (Lipinski definition) is 2. The zero-order valence-electron chi connectivity index (χ0n) is 13.5. The molecule has 4 nitrogen and oxygen atoms in total. The fraction of sp³-hybridized carbons (Fsp3) is 0.471. The Balaban J connectivity index is 2.50. The van der Waals surface area contributed by atoms with Gasteiger partial charge in [-0.15, -0.1) is 0 Å². The molecule has 0 aliphatic heterocycles. The van der Waals surface area contributed by atoms with Crippen LogP contribution in [0.15, 0.2) is 30.3 Å². The number of hydrogen-bond acceptors (Lipinski definition) is 4. The lowest BCUT2D eigenvalue weighted by molar-refractivity contribution is 0.102. The average molecular weight is 287 g/mol. The summed E-state index contributed by atoms with van der Waals surface area (Å²) in [6.07, 6.45) is -0.472. The van der Waals surface area contributed by atoms with Crippen LogP contribution in [0.5, 0.6) is 0 Å². The Morgan fingerprint density at radius 3 is 2.67 bits per heavy atom. The van der Waals surface area contributed by atoms with Gasteiger partial charge in [0.15, 0.2) is 0 Å². The van der Waals surface area contributed by atoms with Crippen LogP contribution in [0, 0.1) is 6.92 Å². The Morgan fingerprint density at radius 2 is 2.00 bits per heavy atom. The van der Waals surface area contributed by atoms with E-state index in [1.54, 1.807) is 0 Å². The maximum absolute atomic E-state index is 10.4. The summed E-state index contributed by atoms with van der Waals surface area (Å²) in [5.74, 6) is 0. The molecule has 0 aliphatic carbocycles. The molecule has 0 amide bonds. The number of nitrogens with zero attached hydrogens (tertiary/aromatic N) is 2. The predicted molar refractivity (Wildman–Crippen MR) is 88.9 cm³/mol. The van der Waals surface area contributed by atoms with Crippen LogP contribution in [0.3, 0.4) is 0 Å². The van der Waals surface area contributed by atoms with Crippen LogP contribution in [0.1, 0.15) is 19.5 Å². The number of pyridine rings is 1. The monoisotopic (exact) mass is 287 g/mol. The van der Waals surface area contributed by atoms with Crippen molar-refractivity contribution in [2.75, 3.05) is 25.5 Å². The van der Waals surface area contributed by atoms with Gasteiger partial charge in [-0.05, 0) is 40.0 Å². The van der Waals surface area contributed by atoms with Crippen molar-refractivity contribution in [3.05, 3.63) is 36.0 Å². The molecule has 0 aliphatic rings. The second kappa shape index (κ2) is 6.00. The maximum Gasteiger partial charge on any atom is 0.0890 e. The summed E-state index contributed by atoms with van der Waals surface area (Å²) in [5, 5.41) is 14.6. The quantitative estimate of drug-likeness (QED) is 0.886. The van der Waals surface area contributed by atoms with Gasteiger partial charge >= 0.3 is 0 Å². The number of aliphatic hydroxyl groups is 1. The highest BCUT2D eigenvalue weighted by Gasteiger charge is 2.32. The summed E-state index contributed by atoms with van der Waals surface area (Å²) in [7, 11) is 3.88. The lowest BCUT2D eigenvalue weighted by atomic mass is 9.94. The number of likely N-dealkylation sites (N-methyl/N-ethyl adjacent to an activating group) is 2. The smallest absolute Gasteiger partial charge is 0.0890 e. The molecule has 1 aromatic heterocycles. The number of aryl methyl sites for hydroxylation is 1. The van der Waals surface area contributed by atoms with Gasteiger partial charge < -0.3 is 15.3 Å². The molecule has 1 heterocycles. The van der Waals surface area contributed by atoms with E-state index in [4.69, 9.17) is 0 Å². The molecule has 0 fully saturated rings. The van der Waals surface area contributed by atoms with Gasteiger partial charge in [0.2, 0.25) is 0 Å². The van der Waals surface area contributed by atoms with Gasteiger partial charge in [-0.2, -0.15) is 0 Å². The first-order chi connectivity index (χ1) is 9.87. The molecule has 0 bridgehead atoms. The molecule has 0 saturated heterocycles. The molecule has 2 rings (SSSR count). The molecular weight excluding hydrogens is 262 g/mol. The summed E-state index contributed by atoms with van der Waals surface area (Å²) in [6, 6.07) is 10.2. The largest absolute Gasteiger partial charge is 0.389 e. The van der Waals surface area contributed by atoms with Gasteiger partial charge in [-0.1, -0.05) is 18.2 Å². The molecule has 1 aromatic carbocycles. The van der Waals surface area contributed by atoms with Crippen molar-refractivity contribution >= 4 is 16.6 Å². The van der Waals surface area contributed by atoms with E-state index < -0.39 is 6.10 Å². The minimum atomic E-state index is -0.472. The Bertz CT molecular complexity index is 624. The van der Waals surface area contributed by atoms with Crippen molar-refractivity contribution in [3.63, 3.8) is 0 Å². The minimum Gasteiger partial charge on any atom is -0.389 e. The van der Waals surface area contributed by atoms with E-state index >= 15 is 0 Å². The molecule has 0 spiro atoms. The normalized spacial score (nSPS) is 13.4. The molecule has 4 heteroatoms. The molecule has 1 unspecified atom stereocenters. The molecule has 21 heavy (non-hydrogen) atoms. The highest BCUT2D eigenvalue weighted by atomic mass is 16.3.